The van der Waals surface area contributed by atoms with E-state index >= 15 is 0 Å². The van der Waals surface area contributed by atoms with Crippen LogP contribution in [-0.2, 0) is 14.4 Å². The molecule has 11 nitrogen and oxygen atoms in total. The molecule has 0 saturated carbocycles. The molecule has 0 aromatic heterocycles. The van der Waals surface area contributed by atoms with Gasteiger partial charge in [0.25, 0.3) is 23.4 Å². The Labute approximate surface area is 238 Å². The highest BCUT2D eigenvalue weighted by atomic mass is 79.9. The van der Waals surface area contributed by atoms with Crippen LogP contribution in [0.2, 0.25) is 10.0 Å². The van der Waals surface area contributed by atoms with E-state index in [0.29, 0.717) is 20.1 Å². The van der Waals surface area contributed by atoms with Gasteiger partial charge in [0.2, 0.25) is 0 Å². The van der Waals surface area contributed by atoms with Crippen molar-refractivity contribution >= 4 is 86.0 Å². The highest BCUT2D eigenvalue weighted by molar-refractivity contribution is 9.10. The Hall–Kier alpha value is -4.26. The van der Waals surface area contributed by atoms with Gasteiger partial charge in [-0.1, -0.05) is 39.1 Å². The van der Waals surface area contributed by atoms with Crippen molar-refractivity contribution in [2.75, 3.05) is 16.8 Å². The Morgan fingerprint density at radius 1 is 1.05 bits per heavy atom. The molecular formula is C25H15BrCl2N4O7. The van der Waals surface area contributed by atoms with Crippen LogP contribution in [0.3, 0.4) is 0 Å². The van der Waals surface area contributed by atoms with Gasteiger partial charge in [-0.15, -0.1) is 0 Å². The van der Waals surface area contributed by atoms with E-state index in [1.54, 1.807) is 18.2 Å². The zero-order chi connectivity index (χ0) is 28.3. The van der Waals surface area contributed by atoms with Crippen molar-refractivity contribution in [3.8, 4) is 5.75 Å². The maximum Gasteiger partial charge on any atom is 0.335 e. The molecule has 39 heavy (non-hydrogen) atoms. The summed E-state index contributed by atoms with van der Waals surface area (Å²) in [4.78, 5) is 61.6. The fourth-order valence-electron chi connectivity index (χ4n) is 3.45. The molecule has 1 saturated heterocycles. The minimum absolute atomic E-state index is 0.0196. The van der Waals surface area contributed by atoms with Crippen LogP contribution in [0, 0.1) is 10.1 Å². The van der Waals surface area contributed by atoms with Crippen LogP contribution in [-0.4, -0.2) is 35.3 Å². The highest BCUT2D eigenvalue weighted by Gasteiger charge is 2.37. The van der Waals surface area contributed by atoms with Gasteiger partial charge < -0.3 is 10.1 Å². The third-order valence-electron chi connectivity index (χ3n) is 5.25. The van der Waals surface area contributed by atoms with Crippen LogP contribution in [0.15, 0.2) is 70.7 Å². The van der Waals surface area contributed by atoms with Gasteiger partial charge in [-0.2, -0.15) is 0 Å². The van der Waals surface area contributed by atoms with E-state index in [9.17, 15) is 29.3 Å². The Balaban J connectivity index is 1.57. The lowest BCUT2D eigenvalue weighted by Crippen LogP contribution is -2.54. The summed E-state index contributed by atoms with van der Waals surface area (Å²) in [6, 6.07) is 12.9. The fraction of sp³-hybridized carbons (Fsp3) is 0.0400. The zero-order valence-electron chi connectivity index (χ0n) is 19.4. The molecule has 5 amide bonds. The summed E-state index contributed by atoms with van der Waals surface area (Å²) in [6.07, 6.45) is 1.21. The summed E-state index contributed by atoms with van der Waals surface area (Å²) in [5.74, 6) is -2.27. The molecule has 4 rings (SSSR count). The molecule has 1 fully saturated rings. The number of ether oxygens (including phenoxy) is 1. The number of carbonyl (C=O) groups excluding carboxylic acids is 4. The third kappa shape index (κ3) is 6.42. The molecule has 1 heterocycles. The van der Waals surface area contributed by atoms with E-state index in [-0.39, 0.29) is 27.7 Å². The number of hydrogen-bond acceptors (Lipinski definition) is 7. The highest BCUT2D eigenvalue weighted by Crippen LogP contribution is 2.29. The first-order valence-electron chi connectivity index (χ1n) is 10.9. The number of hydrogen-bond donors (Lipinski definition) is 2. The van der Waals surface area contributed by atoms with Gasteiger partial charge in [0, 0.05) is 27.9 Å². The average Bonchev–Trinajstić information content (AvgIpc) is 2.88. The van der Waals surface area contributed by atoms with E-state index < -0.39 is 40.9 Å². The predicted octanol–water partition coefficient (Wildman–Crippen LogP) is 5.35. The maximum absolute atomic E-state index is 13.2. The second-order valence-corrected chi connectivity index (χ2v) is 9.61. The SMILES string of the molecule is O=C(COc1ccc(Br)cc1/C=C1/C(=O)NC(=O)N(c2ccc([N+](=O)[O-])cc2)C1=O)Nc1ccc(Cl)c(Cl)c1. The number of nitro groups is 1. The van der Waals surface area contributed by atoms with Gasteiger partial charge in [-0.05, 0) is 54.6 Å². The number of urea groups is 1. The number of nitrogens with one attached hydrogen (secondary N) is 2. The Kier molecular flexibility index (Phi) is 8.29. The summed E-state index contributed by atoms with van der Waals surface area (Å²) >= 11 is 15.2. The molecule has 0 atom stereocenters. The van der Waals surface area contributed by atoms with E-state index in [1.807, 2.05) is 0 Å². The second kappa shape index (κ2) is 11.6. The Bertz CT molecular complexity index is 1560. The van der Waals surface area contributed by atoms with Crippen LogP contribution in [0.4, 0.5) is 21.9 Å². The normalized spacial score (nSPS) is 14.3. The van der Waals surface area contributed by atoms with Crippen LogP contribution in [0.1, 0.15) is 5.56 Å². The minimum atomic E-state index is -1.01. The number of carbonyl (C=O) groups is 4. The molecule has 2 N–H and O–H groups in total. The van der Waals surface area contributed by atoms with E-state index in [1.165, 1.54) is 36.4 Å². The Morgan fingerprint density at radius 3 is 2.44 bits per heavy atom. The lowest BCUT2D eigenvalue weighted by Gasteiger charge is -2.26. The number of amides is 5. The van der Waals surface area contributed by atoms with Gasteiger partial charge in [-0.25, -0.2) is 9.69 Å². The fourth-order valence-corrected chi connectivity index (χ4v) is 4.13. The van der Waals surface area contributed by atoms with Crippen molar-refractivity contribution in [2.45, 2.75) is 0 Å². The van der Waals surface area contributed by atoms with Gasteiger partial charge in [0.1, 0.15) is 11.3 Å². The minimum Gasteiger partial charge on any atom is -0.483 e. The van der Waals surface area contributed by atoms with Crippen LogP contribution < -0.4 is 20.3 Å². The van der Waals surface area contributed by atoms with E-state index in [2.05, 4.69) is 26.6 Å². The molecule has 0 unspecified atom stereocenters. The summed E-state index contributed by atoms with van der Waals surface area (Å²) in [7, 11) is 0. The number of imide groups is 2. The number of nitrogens with zero attached hydrogens (tertiary/aromatic N) is 2. The van der Waals surface area contributed by atoms with Crippen molar-refractivity contribution in [3.05, 3.63) is 96.4 Å². The molecule has 198 valence electrons. The molecule has 1 aliphatic heterocycles. The topological polar surface area (TPSA) is 148 Å². The van der Waals surface area contributed by atoms with Gasteiger partial charge in [0.05, 0.1) is 20.7 Å². The van der Waals surface area contributed by atoms with Crippen molar-refractivity contribution in [1.82, 2.24) is 5.32 Å². The summed E-state index contributed by atoms with van der Waals surface area (Å²) in [5, 5.41) is 16.2. The zero-order valence-corrected chi connectivity index (χ0v) is 22.5. The number of benzene rings is 3. The third-order valence-corrected chi connectivity index (χ3v) is 6.49. The van der Waals surface area contributed by atoms with Crippen LogP contribution in [0.25, 0.3) is 6.08 Å². The molecular weight excluding hydrogens is 619 g/mol. The molecule has 3 aromatic carbocycles. The summed E-state index contributed by atoms with van der Waals surface area (Å²) in [5.41, 5.74) is 0.0248. The lowest BCUT2D eigenvalue weighted by molar-refractivity contribution is -0.384. The van der Waals surface area contributed by atoms with Crippen molar-refractivity contribution in [1.29, 1.82) is 0 Å². The molecule has 1 aliphatic rings. The monoisotopic (exact) mass is 632 g/mol. The molecule has 0 bridgehead atoms. The van der Waals surface area contributed by atoms with Gasteiger partial charge >= 0.3 is 6.03 Å². The number of rotatable bonds is 7. The smallest absolute Gasteiger partial charge is 0.335 e. The molecule has 0 spiro atoms. The van der Waals surface area contributed by atoms with E-state index in [4.69, 9.17) is 27.9 Å². The summed E-state index contributed by atoms with van der Waals surface area (Å²) < 4.78 is 6.21. The Morgan fingerprint density at radius 2 is 1.77 bits per heavy atom. The van der Waals surface area contributed by atoms with Gasteiger partial charge in [-0.3, -0.25) is 29.8 Å². The molecule has 0 aliphatic carbocycles. The van der Waals surface area contributed by atoms with Crippen LogP contribution in [0.5, 0.6) is 5.75 Å². The average molecular weight is 634 g/mol. The van der Waals surface area contributed by atoms with Crippen LogP contribution >= 0.6 is 39.1 Å². The second-order valence-electron chi connectivity index (χ2n) is 7.88. The first-order chi connectivity index (χ1) is 18.5. The molecule has 14 heteroatoms. The van der Waals surface area contributed by atoms with E-state index in [0.717, 1.165) is 12.1 Å². The number of halogens is 3. The molecule has 3 aromatic rings. The predicted molar refractivity (Wildman–Crippen MR) is 147 cm³/mol. The maximum atomic E-state index is 13.2. The first-order valence-corrected chi connectivity index (χ1v) is 12.4. The largest absolute Gasteiger partial charge is 0.483 e. The number of nitro benzene ring substituents is 1. The van der Waals surface area contributed by atoms with Crippen molar-refractivity contribution in [2.24, 2.45) is 0 Å². The standard InChI is InChI=1S/C25H15BrCl2N4O7/c26-14-1-8-21(39-12-22(33)29-15-2-7-19(27)20(28)11-15)13(9-14)10-18-23(34)30-25(36)31(24(18)35)16-3-5-17(6-4-16)32(37)38/h1-11H,12H2,(H,29,33)(H,30,34,36)/b18-10-. The number of non-ortho nitro benzene ring substituents is 1. The number of barbiturate groups is 1. The quantitative estimate of drug-likeness (QED) is 0.154. The van der Waals surface area contributed by atoms with Gasteiger partial charge in [0.15, 0.2) is 6.61 Å². The number of anilines is 2. The first kappa shape index (κ1) is 27.8. The van der Waals surface area contributed by atoms with Crippen molar-refractivity contribution in [3.63, 3.8) is 0 Å². The van der Waals surface area contributed by atoms with Crippen molar-refractivity contribution < 1.29 is 28.8 Å². The summed E-state index contributed by atoms with van der Waals surface area (Å²) in [6.45, 7) is -0.425. The lowest BCUT2D eigenvalue weighted by atomic mass is 10.1. The molecule has 0 radical (unpaired) electrons.